The summed E-state index contributed by atoms with van der Waals surface area (Å²) in [4.78, 5) is 16.6. The first-order chi connectivity index (χ1) is 13.7. The van der Waals surface area contributed by atoms with Crippen LogP contribution in [0.15, 0.2) is 61.2 Å². The number of rotatable bonds is 6. The summed E-state index contributed by atoms with van der Waals surface area (Å²) in [6.07, 6.45) is 4.84. The Labute approximate surface area is 160 Å². The van der Waals surface area contributed by atoms with Crippen LogP contribution >= 0.6 is 0 Å². The van der Waals surface area contributed by atoms with E-state index in [4.69, 9.17) is 0 Å². The molecule has 3 N–H and O–H groups in total. The van der Waals surface area contributed by atoms with Gasteiger partial charge < -0.3 is 10.6 Å². The maximum Gasteiger partial charge on any atom is 0.233 e. The Morgan fingerprint density at radius 2 is 1.75 bits per heavy atom. The van der Waals surface area contributed by atoms with Gasteiger partial charge in [0.05, 0.1) is 11.7 Å². The highest BCUT2D eigenvalue weighted by Gasteiger charge is 2.10. The van der Waals surface area contributed by atoms with Gasteiger partial charge in [-0.25, -0.2) is 14.4 Å². The first-order valence-electron chi connectivity index (χ1n) is 8.61. The normalized spacial score (nSPS) is 11.8. The average Bonchev–Trinajstić information content (AvgIpc) is 3.18. The molecule has 0 aliphatic rings. The number of anilines is 3. The van der Waals surface area contributed by atoms with Crippen LogP contribution in [0.3, 0.4) is 0 Å². The smallest absolute Gasteiger partial charge is 0.233 e. The average molecular weight is 376 g/mol. The van der Waals surface area contributed by atoms with Crippen LogP contribution in [0.2, 0.25) is 0 Å². The standard InChI is InChI=1S/C19H17FN8/c1-12(13-2-4-15(20)5-3-13)24-18-22-11-23-19(26-18)25-17-10-16(27-28-17)14-6-8-21-9-7-14/h2-12H,1H3,(H3,22,23,24,25,26,27,28). The summed E-state index contributed by atoms with van der Waals surface area (Å²) in [6, 6.07) is 11.8. The van der Waals surface area contributed by atoms with Crippen LogP contribution in [0.4, 0.5) is 22.1 Å². The lowest BCUT2D eigenvalue weighted by Crippen LogP contribution is -2.11. The Balaban J connectivity index is 1.45. The monoisotopic (exact) mass is 376 g/mol. The fourth-order valence-corrected chi connectivity index (χ4v) is 2.63. The van der Waals surface area contributed by atoms with Crippen LogP contribution in [0, 0.1) is 5.82 Å². The zero-order valence-corrected chi connectivity index (χ0v) is 15.0. The Hall–Kier alpha value is -3.88. The minimum absolute atomic E-state index is 0.0977. The van der Waals surface area contributed by atoms with Gasteiger partial charge in [-0.2, -0.15) is 10.1 Å². The molecule has 0 saturated carbocycles. The zero-order chi connectivity index (χ0) is 19.3. The lowest BCUT2D eigenvalue weighted by molar-refractivity contribution is 0.626. The molecule has 4 aromatic rings. The van der Waals surface area contributed by atoms with Crippen molar-refractivity contribution in [1.29, 1.82) is 0 Å². The number of benzene rings is 1. The van der Waals surface area contributed by atoms with E-state index in [0.717, 1.165) is 16.8 Å². The highest BCUT2D eigenvalue weighted by Crippen LogP contribution is 2.21. The molecule has 1 aromatic carbocycles. The third-order valence-electron chi connectivity index (χ3n) is 4.10. The van der Waals surface area contributed by atoms with Crippen LogP contribution in [0.25, 0.3) is 11.3 Å². The van der Waals surface area contributed by atoms with Crippen molar-refractivity contribution >= 4 is 17.7 Å². The predicted molar refractivity (Wildman–Crippen MR) is 103 cm³/mol. The van der Waals surface area contributed by atoms with E-state index in [2.05, 4.69) is 40.8 Å². The van der Waals surface area contributed by atoms with Gasteiger partial charge >= 0.3 is 0 Å². The van der Waals surface area contributed by atoms with Crippen LogP contribution in [-0.4, -0.2) is 30.1 Å². The van der Waals surface area contributed by atoms with Gasteiger partial charge in [-0.3, -0.25) is 10.1 Å². The summed E-state index contributed by atoms with van der Waals surface area (Å²) in [5, 5.41) is 13.4. The molecule has 28 heavy (non-hydrogen) atoms. The van der Waals surface area contributed by atoms with E-state index in [0.29, 0.717) is 17.7 Å². The Morgan fingerprint density at radius 1 is 1.00 bits per heavy atom. The quantitative estimate of drug-likeness (QED) is 0.471. The lowest BCUT2D eigenvalue weighted by Gasteiger charge is -2.14. The van der Waals surface area contributed by atoms with Crippen LogP contribution in [0.1, 0.15) is 18.5 Å². The predicted octanol–water partition coefficient (Wildman–Crippen LogP) is 3.71. The number of hydrogen-bond acceptors (Lipinski definition) is 7. The van der Waals surface area contributed by atoms with Crippen molar-refractivity contribution in [2.45, 2.75) is 13.0 Å². The van der Waals surface area contributed by atoms with Gasteiger partial charge in [-0.1, -0.05) is 12.1 Å². The molecular weight excluding hydrogens is 359 g/mol. The summed E-state index contributed by atoms with van der Waals surface area (Å²) < 4.78 is 13.1. The largest absolute Gasteiger partial charge is 0.348 e. The molecule has 3 heterocycles. The van der Waals surface area contributed by atoms with Crippen LogP contribution in [0.5, 0.6) is 0 Å². The Kier molecular flexibility index (Phi) is 4.87. The molecule has 8 nitrogen and oxygen atoms in total. The fraction of sp³-hybridized carbons (Fsp3) is 0.105. The third kappa shape index (κ3) is 4.09. The minimum atomic E-state index is -0.271. The molecule has 9 heteroatoms. The molecule has 140 valence electrons. The van der Waals surface area contributed by atoms with Crippen molar-refractivity contribution < 1.29 is 4.39 Å². The van der Waals surface area contributed by atoms with Crippen molar-refractivity contribution in [2.75, 3.05) is 10.6 Å². The molecule has 0 spiro atoms. The summed E-state index contributed by atoms with van der Waals surface area (Å²) in [6.45, 7) is 1.94. The van der Waals surface area contributed by atoms with Crippen LogP contribution in [-0.2, 0) is 0 Å². The first kappa shape index (κ1) is 17.5. The number of halogens is 1. The van der Waals surface area contributed by atoms with E-state index < -0.39 is 0 Å². The molecule has 4 rings (SSSR count). The zero-order valence-electron chi connectivity index (χ0n) is 15.0. The van der Waals surface area contributed by atoms with Crippen molar-refractivity contribution in [3.05, 3.63) is 72.6 Å². The van der Waals surface area contributed by atoms with Crippen molar-refractivity contribution in [2.24, 2.45) is 0 Å². The van der Waals surface area contributed by atoms with E-state index in [9.17, 15) is 4.39 Å². The summed E-state index contributed by atoms with van der Waals surface area (Å²) in [5.41, 5.74) is 2.74. The molecule has 1 unspecified atom stereocenters. The number of nitrogens with one attached hydrogen (secondary N) is 3. The Morgan fingerprint density at radius 3 is 2.54 bits per heavy atom. The van der Waals surface area contributed by atoms with Gasteiger partial charge in [0, 0.05) is 24.0 Å². The summed E-state index contributed by atoms with van der Waals surface area (Å²) in [5.74, 6) is 1.07. The van der Waals surface area contributed by atoms with E-state index in [1.54, 1.807) is 24.5 Å². The molecule has 0 fully saturated rings. The van der Waals surface area contributed by atoms with Gasteiger partial charge in [-0.15, -0.1) is 0 Å². The lowest BCUT2D eigenvalue weighted by atomic mass is 10.1. The first-order valence-corrected chi connectivity index (χ1v) is 8.61. The fourth-order valence-electron chi connectivity index (χ4n) is 2.63. The molecule has 1 atom stereocenters. The molecule has 0 bridgehead atoms. The summed E-state index contributed by atoms with van der Waals surface area (Å²) >= 11 is 0. The third-order valence-corrected chi connectivity index (χ3v) is 4.10. The molecule has 0 aliphatic carbocycles. The highest BCUT2D eigenvalue weighted by atomic mass is 19.1. The second kappa shape index (κ2) is 7.78. The number of H-pyrrole nitrogens is 1. The molecule has 0 saturated heterocycles. The minimum Gasteiger partial charge on any atom is -0.348 e. The number of nitrogens with zero attached hydrogens (tertiary/aromatic N) is 5. The van der Waals surface area contributed by atoms with E-state index >= 15 is 0 Å². The number of pyridine rings is 1. The van der Waals surface area contributed by atoms with E-state index in [1.807, 2.05) is 25.1 Å². The second-order valence-electron chi connectivity index (χ2n) is 6.08. The van der Waals surface area contributed by atoms with Crippen molar-refractivity contribution in [3.63, 3.8) is 0 Å². The van der Waals surface area contributed by atoms with E-state index in [1.165, 1.54) is 18.5 Å². The van der Waals surface area contributed by atoms with Gasteiger partial charge in [0.2, 0.25) is 11.9 Å². The SMILES string of the molecule is CC(Nc1ncnc(Nc2cc(-c3ccncc3)[nH]n2)n1)c1ccc(F)cc1. The Bertz CT molecular complexity index is 1050. The number of hydrogen-bond donors (Lipinski definition) is 3. The van der Waals surface area contributed by atoms with Gasteiger partial charge in [0.1, 0.15) is 12.1 Å². The number of aromatic nitrogens is 6. The summed E-state index contributed by atoms with van der Waals surface area (Å²) in [7, 11) is 0. The maximum absolute atomic E-state index is 13.1. The van der Waals surface area contributed by atoms with Crippen molar-refractivity contribution in [1.82, 2.24) is 30.1 Å². The van der Waals surface area contributed by atoms with Gasteiger partial charge in [0.15, 0.2) is 5.82 Å². The van der Waals surface area contributed by atoms with Crippen LogP contribution < -0.4 is 10.6 Å². The van der Waals surface area contributed by atoms with E-state index in [-0.39, 0.29) is 11.9 Å². The number of aromatic amines is 1. The van der Waals surface area contributed by atoms with Gasteiger partial charge in [-0.05, 0) is 36.8 Å². The molecule has 0 amide bonds. The molecule has 0 radical (unpaired) electrons. The topological polar surface area (TPSA) is 104 Å². The second-order valence-corrected chi connectivity index (χ2v) is 6.08. The molecule has 0 aliphatic heterocycles. The van der Waals surface area contributed by atoms with Gasteiger partial charge in [0.25, 0.3) is 0 Å². The maximum atomic E-state index is 13.1. The molecule has 3 aromatic heterocycles. The van der Waals surface area contributed by atoms with Crippen molar-refractivity contribution in [3.8, 4) is 11.3 Å². The highest BCUT2D eigenvalue weighted by molar-refractivity contribution is 5.63. The molecular formula is C19H17FN8.